The van der Waals surface area contributed by atoms with Crippen LogP contribution < -0.4 is 5.73 Å². The SMILES string of the molecule is CN(C)[C@@H]1C(O)=C(C(N)=O)C(=O)[C@@]2(O)C(O)=C3C(=O)c4c(O)cc(CN(CC5CC5)CC5CC5)c(C(F)(F)F)c4C[C@H]3C[C@@H]12. The molecule has 0 radical (unpaired) electrons. The van der Waals surface area contributed by atoms with Gasteiger partial charge in [0.25, 0.3) is 5.91 Å². The van der Waals surface area contributed by atoms with Gasteiger partial charge in [-0.15, -0.1) is 0 Å². The predicted molar refractivity (Wildman–Crippen MR) is 149 cm³/mol. The predicted octanol–water partition coefficient (Wildman–Crippen LogP) is 2.76. The lowest BCUT2D eigenvalue weighted by atomic mass is 9.58. The van der Waals surface area contributed by atoms with Crippen LogP contribution in [0.3, 0.4) is 0 Å². The van der Waals surface area contributed by atoms with Gasteiger partial charge < -0.3 is 26.2 Å². The Morgan fingerprint density at radius 1 is 1.07 bits per heavy atom. The van der Waals surface area contributed by atoms with Crippen LogP contribution >= 0.6 is 0 Å². The zero-order valence-electron chi connectivity index (χ0n) is 24.4. The van der Waals surface area contributed by atoms with E-state index in [4.69, 9.17) is 5.73 Å². The number of halogens is 3. The third kappa shape index (κ3) is 4.80. The van der Waals surface area contributed by atoms with E-state index in [0.29, 0.717) is 24.9 Å². The molecule has 0 unspecified atom stereocenters. The minimum Gasteiger partial charge on any atom is -0.510 e. The molecule has 5 aliphatic carbocycles. The largest absolute Gasteiger partial charge is 0.510 e. The van der Waals surface area contributed by atoms with Crippen LogP contribution in [0.4, 0.5) is 13.2 Å². The van der Waals surface area contributed by atoms with Gasteiger partial charge in [0.05, 0.1) is 17.2 Å². The summed E-state index contributed by atoms with van der Waals surface area (Å²) in [5.74, 6) is -8.02. The molecule has 0 aromatic heterocycles. The average Bonchev–Trinajstić information content (AvgIpc) is 3.82. The van der Waals surface area contributed by atoms with Gasteiger partial charge in [0.2, 0.25) is 5.78 Å². The summed E-state index contributed by atoms with van der Waals surface area (Å²) in [6, 6.07) is -0.273. The third-order valence-electron chi connectivity index (χ3n) is 9.91. The normalized spacial score (nSPS) is 28.9. The molecule has 6 rings (SSSR count). The van der Waals surface area contributed by atoms with Crippen molar-refractivity contribution in [3.63, 3.8) is 0 Å². The van der Waals surface area contributed by atoms with Crippen molar-refractivity contribution in [1.82, 2.24) is 9.80 Å². The Balaban J connectivity index is 1.48. The summed E-state index contributed by atoms with van der Waals surface area (Å²) in [4.78, 5) is 42.8. The van der Waals surface area contributed by atoms with E-state index in [1.54, 1.807) is 0 Å². The van der Waals surface area contributed by atoms with E-state index in [2.05, 4.69) is 0 Å². The van der Waals surface area contributed by atoms with Gasteiger partial charge in [0, 0.05) is 31.1 Å². The number of rotatable bonds is 8. The van der Waals surface area contributed by atoms with Crippen LogP contribution in [0.1, 0.15) is 59.2 Å². The Morgan fingerprint density at radius 3 is 2.16 bits per heavy atom. The van der Waals surface area contributed by atoms with Gasteiger partial charge in [-0.25, -0.2) is 0 Å². The zero-order valence-corrected chi connectivity index (χ0v) is 24.4. The highest BCUT2D eigenvalue weighted by atomic mass is 19.4. The van der Waals surface area contributed by atoms with Crippen LogP contribution in [-0.4, -0.2) is 86.5 Å². The number of nitrogens with zero attached hydrogens (tertiary/aromatic N) is 2. The fraction of sp³-hybridized carbons (Fsp3) is 0.581. The van der Waals surface area contributed by atoms with Crippen molar-refractivity contribution >= 4 is 17.5 Å². The summed E-state index contributed by atoms with van der Waals surface area (Å²) in [5.41, 5.74) is -1.16. The molecule has 0 bridgehead atoms. The molecule has 44 heavy (non-hydrogen) atoms. The number of aliphatic hydroxyl groups is 3. The lowest BCUT2D eigenvalue weighted by Gasteiger charge is -2.50. The van der Waals surface area contributed by atoms with Crippen LogP contribution in [0, 0.1) is 23.7 Å². The number of alkyl halides is 3. The highest BCUT2D eigenvalue weighted by Gasteiger charge is 2.63. The molecule has 10 nitrogen and oxygen atoms in total. The Kier molecular flexibility index (Phi) is 7.17. The molecule has 4 atom stereocenters. The number of primary amides is 1. The molecule has 2 saturated carbocycles. The molecule has 13 heteroatoms. The summed E-state index contributed by atoms with van der Waals surface area (Å²) in [6.45, 7) is 1.25. The number of benzene rings is 1. The van der Waals surface area contributed by atoms with Crippen molar-refractivity contribution in [3.8, 4) is 5.75 Å². The first kappa shape index (κ1) is 30.6. The Morgan fingerprint density at radius 2 is 1.66 bits per heavy atom. The highest BCUT2D eigenvalue weighted by molar-refractivity contribution is 6.24. The Labute approximate surface area is 251 Å². The summed E-state index contributed by atoms with van der Waals surface area (Å²) < 4.78 is 44.6. The molecule has 0 aliphatic heterocycles. The molecule has 0 saturated heterocycles. The van der Waals surface area contributed by atoms with Crippen molar-refractivity contribution in [2.45, 2.75) is 62.9 Å². The highest BCUT2D eigenvalue weighted by Crippen LogP contribution is 2.54. The van der Waals surface area contributed by atoms with Gasteiger partial charge in [-0.2, -0.15) is 13.2 Å². The number of likely N-dealkylation sites (N-methyl/N-ethyl adjacent to an activating group) is 1. The molecular formula is C31H36F3N3O7. The standard InChI is InChI=1S/C31H36F3N3O7/c1-36(2)24-18-8-15-7-17-21(25(39)20(15)27(41)30(18,44)28(42)22(26(24)40)29(35)43)19(38)9-16(23(17)31(32,33)34)12-37(10-13-3-4-13)11-14-5-6-14/h9,13-15,18,24,38,40-41,44H,3-8,10-12H2,1-2H3,(H2,35,43)/t15-,18-,24-,30-/m0/s1. The van der Waals surface area contributed by atoms with Crippen molar-refractivity contribution in [3.05, 3.63) is 51.0 Å². The number of aromatic hydroxyl groups is 1. The van der Waals surface area contributed by atoms with Crippen LogP contribution in [0.15, 0.2) is 28.7 Å². The Hall–Kier alpha value is -3.42. The molecule has 0 heterocycles. The zero-order chi connectivity index (χ0) is 32.0. The minimum atomic E-state index is -4.87. The number of phenols is 1. The Bertz CT molecular complexity index is 1510. The van der Waals surface area contributed by atoms with Gasteiger partial charge in [-0.05, 0) is 87.6 Å². The number of hydrogen-bond donors (Lipinski definition) is 5. The number of Topliss-reactive ketones (excluding diaryl/α,β-unsaturated/α-hetero) is 2. The fourth-order valence-corrected chi connectivity index (χ4v) is 7.64. The molecule has 6 N–H and O–H groups in total. The lowest BCUT2D eigenvalue weighted by molar-refractivity contribution is -0.148. The van der Waals surface area contributed by atoms with E-state index in [1.807, 2.05) is 4.90 Å². The topological polar surface area (TPSA) is 165 Å². The van der Waals surface area contributed by atoms with Gasteiger partial charge in [-0.3, -0.25) is 24.2 Å². The number of fused-ring (bicyclic) bond motifs is 3. The minimum absolute atomic E-state index is 0.0520. The van der Waals surface area contributed by atoms with E-state index < -0.39 is 98.7 Å². The molecule has 1 aromatic rings. The van der Waals surface area contributed by atoms with Crippen LogP contribution in [0.25, 0.3) is 0 Å². The van der Waals surface area contributed by atoms with Gasteiger partial charge in [0.1, 0.15) is 22.8 Å². The first-order chi connectivity index (χ1) is 20.5. The second kappa shape index (κ2) is 10.3. The van der Waals surface area contributed by atoms with Crippen molar-refractivity contribution in [2.24, 2.45) is 29.4 Å². The summed E-state index contributed by atoms with van der Waals surface area (Å²) in [6.07, 6.45) is -1.50. The maximum atomic E-state index is 14.9. The van der Waals surface area contributed by atoms with Crippen molar-refractivity contribution < 1.29 is 48.0 Å². The van der Waals surface area contributed by atoms with Crippen LogP contribution in [-0.2, 0) is 28.7 Å². The quantitative estimate of drug-likeness (QED) is 0.275. The molecule has 1 amide bonds. The van der Waals surface area contributed by atoms with Crippen LogP contribution in [0.2, 0.25) is 0 Å². The number of carbonyl (C=O) groups is 3. The number of phenolic OH excluding ortho intramolecular Hbond substituents is 1. The molecule has 238 valence electrons. The maximum absolute atomic E-state index is 14.9. The third-order valence-corrected chi connectivity index (χ3v) is 9.91. The van der Waals surface area contributed by atoms with E-state index >= 15 is 0 Å². The van der Waals surface area contributed by atoms with E-state index in [-0.39, 0.29) is 18.5 Å². The molecule has 1 aromatic carbocycles. The van der Waals surface area contributed by atoms with Crippen LogP contribution in [0.5, 0.6) is 5.75 Å². The number of carbonyl (C=O) groups excluding carboxylic acids is 3. The second-order valence-electron chi connectivity index (χ2n) is 13.3. The average molecular weight is 620 g/mol. The smallest absolute Gasteiger partial charge is 0.417 e. The number of ketones is 2. The van der Waals surface area contributed by atoms with Gasteiger partial charge in [-0.1, -0.05) is 0 Å². The number of hydrogen-bond acceptors (Lipinski definition) is 9. The summed E-state index contributed by atoms with van der Waals surface area (Å²) >= 11 is 0. The molecular weight excluding hydrogens is 583 g/mol. The second-order valence-corrected chi connectivity index (χ2v) is 13.3. The van der Waals surface area contributed by atoms with Gasteiger partial charge >= 0.3 is 6.18 Å². The number of allylic oxidation sites excluding steroid dienone is 1. The fourth-order valence-electron chi connectivity index (χ4n) is 7.64. The van der Waals surface area contributed by atoms with E-state index in [9.17, 15) is 48.0 Å². The van der Waals surface area contributed by atoms with Crippen molar-refractivity contribution in [2.75, 3.05) is 27.2 Å². The first-order valence-corrected chi connectivity index (χ1v) is 14.9. The number of aliphatic hydroxyl groups excluding tert-OH is 2. The molecule has 5 aliphatic rings. The first-order valence-electron chi connectivity index (χ1n) is 14.9. The molecule has 0 spiro atoms. The number of nitrogens with two attached hydrogens (primary N) is 1. The summed E-state index contributed by atoms with van der Waals surface area (Å²) in [7, 11) is 2.96. The maximum Gasteiger partial charge on any atom is 0.417 e. The van der Waals surface area contributed by atoms with Gasteiger partial charge in [0.15, 0.2) is 11.4 Å². The van der Waals surface area contributed by atoms with E-state index in [0.717, 1.165) is 31.7 Å². The monoisotopic (exact) mass is 619 g/mol. The summed E-state index contributed by atoms with van der Waals surface area (Å²) in [5, 5.41) is 45.0. The molecule has 2 fully saturated rings. The van der Waals surface area contributed by atoms with Crippen molar-refractivity contribution in [1.29, 1.82) is 0 Å². The van der Waals surface area contributed by atoms with E-state index in [1.165, 1.54) is 19.0 Å². The number of amides is 1. The lowest BCUT2D eigenvalue weighted by Crippen LogP contribution is -2.63.